The maximum atomic E-state index is 11.0. The Morgan fingerprint density at radius 2 is 1.80 bits per heavy atom. The number of carboxylic acid groups (broad SMARTS) is 1. The molecule has 0 unspecified atom stereocenters. The van der Waals surface area contributed by atoms with Crippen LogP contribution in [0.1, 0.15) is 34.8 Å². The summed E-state index contributed by atoms with van der Waals surface area (Å²) in [4.78, 5) is 13.3. The number of benzene rings is 2. The lowest BCUT2D eigenvalue weighted by Crippen LogP contribution is -2.50. The molecule has 132 valence electrons. The Morgan fingerprint density at radius 1 is 1.12 bits per heavy atom. The first-order valence-corrected chi connectivity index (χ1v) is 8.75. The third-order valence-corrected chi connectivity index (χ3v) is 5.22. The molecule has 2 N–H and O–H groups in total. The number of carbonyl (C=O) groups is 1. The van der Waals surface area contributed by atoms with Crippen LogP contribution in [0, 0.1) is 5.92 Å². The van der Waals surface area contributed by atoms with E-state index in [4.69, 9.17) is 5.11 Å². The van der Waals surface area contributed by atoms with Gasteiger partial charge in [0.05, 0.1) is 11.2 Å². The second-order valence-electron chi connectivity index (χ2n) is 7.23. The molecule has 0 saturated carbocycles. The molecule has 1 heterocycles. The molecule has 4 nitrogen and oxygen atoms in total. The van der Waals surface area contributed by atoms with E-state index in [0.717, 1.165) is 38.0 Å². The van der Waals surface area contributed by atoms with E-state index in [-0.39, 0.29) is 5.92 Å². The first kappa shape index (κ1) is 17.6. The van der Waals surface area contributed by atoms with E-state index in [1.54, 1.807) is 12.1 Å². The van der Waals surface area contributed by atoms with Crippen LogP contribution in [-0.4, -0.2) is 39.8 Å². The van der Waals surface area contributed by atoms with Crippen molar-refractivity contribution in [3.05, 3.63) is 71.3 Å². The lowest BCUT2D eigenvalue weighted by molar-refractivity contribution is -0.0593. The maximum absolute atomic E-state index is 11.0. The summed E-state index contributed by atoms with van der Waals surface area (Å²) in [7, 11) is 0. The van der Waals surface area contributed by atoms with Crippen LogP contribution < -0.4 is 0 Å². The highest BCUT2D eigenvalue weighted by Crippen LogP contribution is 2.31. The number of aliphatic hydroxyl groups is 1. The van der Waals surface area contributed by atoms with Gasteiger partial charge >= 0.3 is 5.97 Å². The standard InChI is InChI=1S/C21H25NO3/c1-21(25)11-12-22(14-17-7-9-18(10-8-17)20(23)24)15-19(21)13-16-5-3-2-4-6-16/h2-10,19,25H,11-15H2,1H3,(H,23,24)/t19-,21+/m0/s1. The van der Waals surface area contributed by atoms with Crippen molar-refractivity contribution < 1.29 is 15.0 Å². The Kier molecular flexibility index (Phi) is 5.21. The number of carboxylic acids is 1. The summed E-state index contributed by atoms with van der Waals surface area (Å²) in [6.45, 7) is 4.41. The van der Waals surface area contributed by atoms with Gasteiger partial charge < -0.3 is 10.2 Å². The number of hydrogen-bond acceptors (Lipinski definition) is 3. The average molecular weight is 339 g/mol. The predicted octanol–water partition coefficient (Wildman–Crippen LogP) is 3.20. The SMILES string of the molecule is C[C@@]1(O)CCN(Cc2ccc(C(=O)O)cc2)C[C@@H]1Cc1ccccc1. The Balaban J connectivity index is 1.66. The van der Waals surface area contributed by atoms with Crippen molar-refractivity contribution in [3.63, 3.8) is 0 Å². The molecule has 0 radical (unpaired) electrons. The van der Waals surface area contributed by atoms with Crippen LogP contribution in [0.15, 0.2) is 54.6 Å². The van der Waals surface area contributed by atoms with E-state index in [9.17, 15) is 9.90 Å². The molecule has 1 aliphatic rings. The first-order valence-electron chi connectivity index (χ1n) is 8.75. The van der Waals surface area contributed by atoms with E-state index in [2.05, 4.69) is 17.0 Å². The molecule has 3 rings (SSSR count). The van der Waals surface area contributed by atoms with Crippen molar-refractivity contribution in [2.24, 2.45) is 5.92 Å². The van der Waals surface area contributed by atoms with Gasteiger partial charge in [0.25, 0.3) is 0 Å². The molecule has 0 aliphatic carbocycles. The average Bonchev–Trinajstić information content (AvgIpc) is 2.59. The molecule has 25 heavy (non-hydrogen) atoms. The number of nitrogens with zero attached hydrogens (tertiary/aromatic N) is 1. The van der Waals surface area contributed by atoms with E-state index < -0.39 is 11.6 Å². The van der Waals surface area contributed by atoms with Crippen LogP contribution in [0.25, 0.3) is 0 Å². The van der Waals surface area contributed by atoms with Crippen LogP contribution in [0.3, 0.4) is 0 Å². The van der Waals surface area contributed by atoms with Crippen LogP contribution in [0.4, 0.5) is 0 Å². The lowest BCUT2D eigenvalue weighted by atomic mass is 9.78. The molecule has 2 atom stereocenters. The van der Waals surface area contributed by atoms with Gasteiger partial charge in [-0.15, -0.1) is 0 Å². The summed E-state index contributed by atoms with van der Waals surface area (Å²) in [5, 5.41) is 19.8. The quantitative estimate of drug-likeness (QED) is 0.878. The molecular weight excluding hydrogens is 314 g/mol. The minimum absolute atomic E-state index is 0.182. The zero-order valence-electron chi connectivity index (χ0n) is 14.6. The van der Waals surface area contributed by atoms with E-state index in [1.165, 1.54) is 5.56 Å². The number of likely N-dealkylation sites (tertiary alicyclic amines) is 1. The van der Waals surface area contributed by atoms with Crippen molar-refractivity contribution in [3.8, 4) is 0 Å². The van der Waals surface area contributed by atoms with Gasteiger partial charge in [-0.2, -0.15) is 0 Å². The fourth-order valence-electron chi connectivity index (χ4n) is 3.53. The summed E-state index contributed by atoms with van der Waals surface area (Å²) < 4.78 is 0. The van der Waals surface area contributed by atoms with Crippen molar-refractivity contribution in [1.82, 2.24) is 4.90 Å². The Morgan fingerprint density at radius 3 is 2.44 bits per heavy atom. The molecule has 0 aromatic heterocycles. The molecular formula is C21H25NO3. The molecule has 1 aliphatic heterocycles. The minimum Gasteiger partial charge on any atom is -0.478 e. The van der Waals surface area contributed by atoms with Crippen LogP contribution in [-0.2, 0) is 13.0 Å². The highest BCUT2D eigenvalue weighted by atomic mass is 16.4. The summed E-state index contributed by atoms with van der Waals surface area (Å²) in [5.74, 6) is -0.717. The summed E-state index contributed by atoms with van der Waals surface area (Å²) >= 11 is 0. The molecule has 0 amide bonds. The maximum Gasteiger partial charge on any atom is 0.335 e. The smallest absolute Gasteiger partial charge is 0.335 e. The number of hydrogen-bond donors (Lipinski definition) is 2. The minimum atomic E-state index is -0.900. The van der Waals surface area contributed by atoms with Gasteiger partial charge in [-0.1, -0.05) is 42.5 Å². The van der Waals surface area contributed by atoms with E-state index in [1.807, 2.05) is 37.3 Å². The van der Waals surface area contributed by atoms with Gasteiger partial charge in [0.1, 0.15) is 0 Å². The van der Waals surface area contributed by atoms with Gasteiger partial charge in [-0.25, -0.2) is 4.79 Å². The third-order valence-electron chi connectivity index (χ3n) is 5.22. The number of aromatic carboxylic acids is 1. The molecule has 2 aromatic carbocycles. The zero-order chi connectivity index (χ0) is 17.9. The van der Waals surface area contributed by atoms with Gasteiger partial charge in [0.15, 0.2) is 0 Å². The van der Waals surface area contributed by atoms with E-state index in [0.29, 0.717) is 5.56 Å². The molecule has 2 aromatic rings. The van der Waals surface area contributed by atoms with Crippen molar-refractivity contribution in [1.29, 1.82) is 0 Å². The van der Waals surface area contributed by atoms with Crippen molar-refractivity contribution >= 4 is 5.97 Å². The summed E-state index contributed by atoms with van der Waals surface area (Å²) in [5.41, 5.74) is 2.01. The summed E-state index contributed by atoms with van der Waals surface area (Å²) in [6, 6.07) is 17.4. The number of piperidine rings is 1. The van der Waals surface area contributed by atoms with Gasteiger partial charge in [-0.3, -0.25) is 4.90 Å². The van der Waals surface area contributed by atoms with Crippen LogP contribution in [0.5, 0.6) is 0 Å². The monoisotopic (exact) mass is 339 g/mol. The predicted molar refractivity (Wildman–Crippen MR) is 97.6 cm³/mol. The van der Waals surface area contributed by atoms with E-state index >= 15 is 0 Å². The fraction of sp³-hybridized carbons (Fsp3) is 0.381. The topological polar surface area (TPSA) is 60.8 Å². The first-order chi connectivity index (χ1) is 11.9. The van der Waals surface area contributed by atoms with Gasteiger partial charge in [0.2, 0.25) is 0 Å². The summed E-state index contributed by atoms with van der Waals surface area (Å²) in [6.07, 6.45) is 1.61. The van der Waals surface area contributed by atoms with Crippen LogP contribution in [0.2, 0.25) is 0 Å². The van der Waals surface area contributed by atoms with Gasteiger partial charge in [-0.05, 0) is 43.0 Å². The van der Waals surface area contributed by atoms with Crippen molar-refractivity contribution in [2.75, 3.05) is 13.1 Å². The second-order valence-corrected chi connectivity index (χ2v) is 7.23. The highest BCUT2D eigenvalue weighted by molar-refractivity contribution is 5.87. The Bertz CT molecular complexity index is 710. The normalized spacial score (nSPS) is 24.2. The van der Waals surface area contributed by atoms with Crippen LogP contribution >= 0.6 is 0 Å². The number of rotatable bonds is 5. The van der Waals surface area contributed by atoms with Crippen molar-refractivity contribution in [2.45, 2.75) is 31.9 Å². The Hall–Kier alpha value is -2.17. The molecule has 1 fully saturated rings. The lowest BCUT2D eigenvalue weighted by Gasteiger charge is -2.43. The second kappa shape index (κ2) is 7.38. The fourth-order valence-corrected chi connectivity index (χ4v) is 3.53. The molecule has 1 saturated heterocycles. The van der Waals surface area contributed by atoms with Gasteiger partial charge in [0, 0.05) is 25.6 Å². The molecule has 0 bridgehead atoms. The third kappa shape index (κ3) is 4.47. The Labute approximate surface area is 148 Å². The zero-order valence-corrected chi connectivity index (χ0v) is 14.6. The highest BCUT2D eigenvalue weighted by Gasteiger charge is 2.37. The molecule has 4 heteroatoms. The molecule has 0 spiro atoms. The largest absolute Gasteiger partial charge is 0.478 e.